The largest absolute Gasteiger partial charge is 0.750 e. The Labute approximate surface area is 76.3 Å². The maximum atomic E-state index is 10.6. The molecule has 0 heterocycles. The maximum absolute atomic E-state index is 10.6. The first-order chi connectivity index (χ1) is 5.21. The fourth-order valence-corrected chi connectivity index (χ4v) is 0.530. The standard InChI is InChI=1S/C5H11O2P.H2O3S/c1-5(2,3)4(6)7-8;1-4(2)3/h8H2,1-3H3;(H2,1,2,3)/p-1. The molecule has 0 spiro atoms. The molecule has 2 unspecified atom stereocenters. The fraction of sp³-hybridized carbons (Fsp3) is 0.800. The SMILES string of the molecule is CC(C)(C)C(=O)OP.O=S([O-])O. The Balaban J connectivity index is 0. The van der Waals surface area contributed by atoms with E-state index in [2.05, 4.69) is 4.52 Å². The molecule has 5 nitrogen and oxygen atoms in total. The van der Waals surface area contributed by atoms with Crippen LogP contribution in [0.2, 0.25) is 0 Å². The van der Waals surface area contributed by atoms with Gasteiger partial charge < -0.3 is 13.6 Å². The molecule has 0 saturated heterocycles. The van der Waals surface area contributed by atoms with Gasteiger partial charge in [0.1, 0.15) is 0 Å². The van der Waals surface area contributed by atoms with Crippen LogP contribution < -0.4 is 0 Å². The van der Waals surface area contributed by atoms with Crippen molar-refractivity contribution in [1.82, 2.24) is 0 Å². The van der Waals surface area contributed by atoms with E-state index in [0.717, 1.165) is 0 Å². The number of carbonyl (C=O) groups excluding carboxylic acids is 1. The molecule has 0 aromatic heterocycles. The lowest BCUT2D eigenvalue weighted by Crippen LogP contribution is -2.19. The van der Waals surface area contributed by atoms with Crippen LogP contribution in [0.3, 0.4) is 0 Å². The zero-order valence-corrected chi connectivity index (χ0v) is 9.04. The summed E-state index contributed by atoms with van der Waals surface area (Å²) >= 11 is -2.86. The third-order valence-electron chi connectivity index (χ3n) is 0.719. The van der Waals surface area contributed by atoms with Crippen LogP contribution >= 0.6 is 9.47 Å². The molecule has 74 valence electrons. The van der Waals surface area contributed by atoms with Crippen molar-refractivity contribution in [2.75, 3.05) is 0 Å². The number of carbonyl (C=O) groups is 1. The third-order valence-corrected chi connectivity index (χ3v) is 0.933. The Hall–Kier alpha value is -0.0300. The summed E-state index contributed by atoms with van der Waals surface area (Å²) in [4.78, 5) is 10.6. The van der Waals surface area contributed by atoms with Gasteiger partial charge in [0, 0.05) is 0 Å². The van der Waals surface area contributed by atoms with Gasteiger partial charge in [-0.2, -0.15) is 0 Å². The lowest BCUT2D eigenvalue weighted by atomic mass is 9.98. The summed E-state index contributed by atoms with van der Waals surface area (Å²) < 4.78 is 28.5. The van der Waals surface area contributed by atoms with E-state index in [4.69, 9.17) is 13.3 Å². The van der Waals surface area contributed by atoms with Crippen molar-refractivity contribution in [2.45, 2.75) is 20.8 Å². The molecular weight excluding hydrogens is 203 g/mol. The van der Waals surface area contributed by atoms with Gasteiger partial charge in [0.25, 0.3) is 0 Å². The molecule has 2 atom stereocenters. The minimum Gasteiger partial charge on any atom is -0.750 e. The summed E-state index contributed by atoms with van der Waals surface area (Å²) in [6, 6.07) is 0. The van der Waals surface area contributed by atoms with Crippen LogP contribution in [-0.4, -0.2) is 19.3 Å². The average Bonchev–Trinajstić information content (AvgIpc) is 1.82. The molecule has 0 aromatic carbocycles. The molecule has 12 heavy (non-hydrogen) atoms. The predicted octanol–water partition coefficient (Wildman–Crippen LogP) is 0.704. The van der Waals surface area contributed by atoms with Crippen molar-refractivity contribution >= 4 is 26.8 Å². The Morgan fingerprint density at radius 2 is 1.83 bits per heavy atom. The zero-order chi connectivity index (χ0) is 10.4. The highest BCUT2D eigenvalue weighted by Crippen LogP contribution is 2.16. The smallest absolute Gasteiger partial charge is 0.313 e. The summed E-state index contributed by atoms with van der Waals surface area (Å²) in [6.45, 7) is 5.41. The van der Waals surface area contributed by atoms with Crippen molar-refractivity contribution in [3.63, 3.8) is 0 Å². The van der Waals surface area contributed by atoms with Gasteiger partial charge in [0.15, 0.2) is 0 Å². The van der Waals surface area contributed by atoms with E-state index < -0.39 is 11.4 Å². The van der Waals surface area contributed by atoms with Gasteiger partial charge >= 0.3 is 5.97 Å². The Morgan fingerprint density at radius 3 is 1.83 bits per heavy atom. The second-order valence-corrected chi connectivity index (χ2v) is 3.54. The topological polar surface area (TPSA) is 86.7 Å². The van der Waals surface area contributed by atoms with Crippen molar-refractivity contribution in [1.29, 1.82) is 0 Å². The van der Waals surface area contributed by atoms with Gasteiger partial charge in [0.2, 0.25) is 0 Å². The summed E-state index contributed by atoms with van der Waals surface area (Å²) in [5, 5.41) is 0. The summed E-state index contributed by atoms with van der Waals surface area (Å²) in [5.74, 6) is -0.206. The van der Waals surface area contributed by atoms with Crippen LogP contribution in [0.5, 0.6) is 0 Å². The van der Waals surface area contributed by atoms with E-state index in [-0.39, 0.29) is 11.4 Å². The highest BCUT2D eigenvalue weighted by Gasteiger charge is 2.21. The molecule has 0 aromatic rings. The van der Waals surface area contributed by atoms with Gasteiger partial charge in [-0.1, -0.05) is 0 Å². The average molecular weight is 215 g/mol. The van der Waals surface area contributed by atoms with E-state index in [1.165, 1.54) is 0 Å². The lowest BCUT2D eigenvalue weighted by molar-refractivity contribution is -0.141. The highest BCUT2D eigenvalue weighted by atomic mass is 32.2. The molecule has 0 bridgehead atoms. The Morgan fingerprint density at radius 1 is 1.58 bits per heavy atom. The van der Waals surface area contributed by atoms with Crippen LogP contribution in [0.15, 0.2) is 0 Å². The maximum Gasteiger partial charge on any atom is 0.313 e. The zero-order valence-electron chi connectivity index (χ0n) is 7.07. The normalized spacial score (nSPS) is 12.5. The third kappa shape index (κ3) is 12.6. The summed E-state index contributed by atoms with van der Waals surface area (Å²) in [7, 11) is 1.93. The first-order valence-corrected chi connectivity index (χ1v) is 4.41. The molecule has 0 aliphatic rings. The fourth-order valence-electron chi connectivity index (χ4n) is 0.177. The quantitative estimate of drug-likeness (QED) is 0.475. The van der Waals surface area contributed by atoms with Gasteiger partial charge in [-0.25, -0.2) is 4.21 Å². The predicted molar refractivity (Wildman–Crippen MR) is 46.8 cm³/mol. The Kier molecular flexibility index (Phi) is 7.83. The van der Waals surface area contributed by atoms with Crippen LogP contribution in [0, 0.1) is 5.41 Å². The number of hydrogen-bond donors (Lipinski definition) is 1. The molecule has 7 heteroatoms. The monoisotopic (exact) mass is 215 g/mol. The van der Waals surface area contributed by atoms with E-state index in [1.807, 2.05) is 9.47 Å². The second kappa shape index (κ2) is 6.48. The molecule has 0 amide bonds. The van der Waals surface area contributed by atoms with Crippen LogP contribution in [0.25, 0.3) is 0 Å². The number of rotatable bonds is 0. The van der Waals surface area contributed by atoms with E-state index in [1.54, 1.807) is 20.8 Å². The van der Waals surface area contributed by atoms with Crippen molar-refractivity contribution in [3.8, 4) is 0 Å². The highest BCUT2D eigenvalue weighted by molar-refractivity contribution is 7.73. The molecule has 0 saturated carbocycles. The van der Waals surface area contributed by atoms with Crippen LogP contribution in [-0.2, 0) is 20.7 Å². The van der Waals surface area contributed by atoms with Crippen LogP contribution in [0.4, 0.5) is 0 Å². The van der Waals surface area contributed by atoms with Crippen molar-refractivity contribution in [3.05, 3.63) is 0 Å². The molecular formula is C5H12O5PS-. The van der Waals surface area contributed by atoms with Gasteiger partial charge in [-0.3, -0.25) is 4.79 Å². The minimum absolute atomic E-state index is 0.206. The lowest BCUT2D eigenvalue weighted by Gasteiger charge is -2.12. The van der Waals surface area contributed by atoms with E-state index >= 15 is 0 Å². The molecule has 0 rings (SSSR count). The number of hydrogen-bond acceptors (Lipinski definition) is 4. The molecule has 0 aliphatic heterocycles. The molecule has 0 fully saturated rings. The molecule has 0 radical (unpaired) electrons. The van der Waals surface area contributed by atoms with Crippen molar-refractivity contribution in [2.24, 2.45) is 5.41 Å². The van der Waals surface area contributed by atoms with Gasteiger partial charge in [0.05, 0.1) is 26.2 Å². The van der Waals surface area contributed by atoms with Crippen molar-refractivity contribution < 1.29 is 22.6 Å². The van der Waals surface area contributed by atoms with E-state index in [0.29, 0.717) is 0 Å². The van der Waals surface area contributed by atoms with Crippen LogP contribution in [0.1, 0.15) is 20.8 Å². The van der Waals surface area contributed by atoms with E-state index in [9.17, 15) is 4.79 Å². The Bertz CT molecular complexity index is 160. The summed E-state index contributed by atoms with van der Waals surface area (Å²) in [5.41, 5.74) is -0.373. The van der Waals surface area contributed by atoms with Gasteiger partial charge in [-0.05, 0) is 20.8 Å². The second-order valence-electron chi connectivity index (χ2n) is 2.87. The molecule has 1 N–H and O–H groups in total. The first-order valence-electron chi connectivity index (χ1n) is 2.91. The summed E-state index contributed by atoms with van der Waals surface area (Å²) in [6.07, 6.45) is 0. The first kappa shape index (κ1) is 14.5. The van der Waals surface area contributed by atoms with Gasteiger partial charge in [-0.15, -0.1) is 0 Å². The minimum atomic E-state index is -2.86. The molecule has 0 aliphatic carbocycles.